The molecule has 3 aromatic heterocycles. The van der Waals surface area contributed by atoms with E-state index in [1.54, 1.807) is 16.2 Å². The Balaban J connectivity index is 1.14. The second-order valence-electron chi connectivity index (χ2n) is 11.4. The topological polar surface area (TPSA) is 117 Å². The lowest BCUT2D eigenvalue weighted by atomic mass is 10.1. The van der Waals surface area contributed by atoms with Crippen molar-refractivity contribution in [1.29, 1.82) is 5.26 Å². The number of aliphatic hydroxyl groups is 1. The highest BCUT2D eigenvalue weighted by Gasteiger charge is 2.45. The summed E-state index contributed by atoms with van der Waals surface area (Å²) in [6.45, 7) is 7.23. The van der Waals surface area contributed by atoms with Crippen molar-refractivity contribution in [2.45, 2.75) is 51.3 Å². The molecule has 0 spiro atoms. The third kappa shape index (κ3) is 4.53. The number of nitriles is 1. The van der Waals surface area contributed by atoms with E-state index in [1.165, 1.54) is 11.3 Å². The Morgan fingerprint density at radius 3 is 2.62 bits per heavy atom. The van der Waals surface area contributed by atoms with E-state index in [2.05, 4.69) is 22.8 Å². The number of benzene rings is 1. The maximum atomic E-state index is 12.7. The summed E-state index contributed by atoms with van der Waals surface area (Å²) < 4.78 is 1.93. The van der Waals surface area contributed by atoms with Crippen LogP contribution in [0.25, 0.3) is 16.2 Å². The number of likely N-dealkylation sites (tertiary alicyclic amines) is 2. The number of aromatic nitrogens is 4. The highest BCUT2D eigenvalue weighted by Crippen LogP contribution is 2.41. The third-order valence-electron chi connectivity index (χ3n) is 8.71. The fourth-order valence-corrected chi connectivity index (χ4v) is 8.27. The van der Waals surface area contributed by atoms with E-state index >= 15 is 0 Å². The SMILES string of the molecule is CCc1nc2sc(N3CCC4C3CCN4CC(=O)N3CC(O)C3)nn2c1N(C)c1nc(-c2ccc(C)cc2)c(C#N)s1. The van der Waals surface area contributed by atoms with Crippen molar-refractivity contribution in [3.63, 3.8) is 0 Å². The van der Waals surface area contributed by atoms with Gasteiger partial charge in [0.25, 0.3) is 0 Å². The lowest BCUT2D eigenvalue weighted by Crippen LogP contribution is -2.56. The number of imidazole rings is 1. The van der Waals surface area contributed by atoms with Crippen LogP contribution in [0.2, 0.25) is 0 Å². The Kier molecular flexibility index (Phi) is 6.89. The van der Waals surface area contributed by atoms with Crippen LogP contribution in [0.1, 0.15) is 35.9 Å². The summed E-state index contributed by atoms with van der Waals surface area (Å²) in [5, 5.41) is 26.2. The average molecular weight is 604 g/mol. The summed E-state index contributed by atoms with van der Waals surface area (Å²) >= 11 is 2.98. The van der Waals surface area contributed by atoms with Gasteiger partial charge in [-0.15, -0.1) is 5.10 Å². The molecule has 0 bridgehead atoms. The Morgan fingerprint density at radius 2 is 1.90 bits per heavy atom. The van der Waals surface area contributed by atoms with Crippen LogP contribution >= 0.6 is 22.7 Å². The molecule has 3 aliphatic heterocycles. The monoisotopic (exact) mass is 603 g/mol. The molecule has 1 amide bonds. The standard InChI is InChI=1S/C29H33N9O2S2/c1-4-20-26(34(3)27-32-25(23(13-30)41-27)18-7-5-17(2)6-8-18)38-28(31-20)42-29(33-38)37-12-10-21-22(37)9-11-35(21)16-24(40)36-14-19(39)15-36/h5-8,19,21-22,39H,4,9-12,14-16H2,1-3H3. The number of carbonyl (C=O) groups excluding carboxylic acids is 1. The van der Waals surface area contributed by atoms with Crippen LogP contribution < -0.4 is 9.80 Å². The molecule has 218 valence electrons. The third-order valence-corrected chi connectivity index (χ3v) is 10.7. The molecule has 2 unspecified atom stereocenters. The zero-order valence-corrected chi connectivity index (χ0v) is 25.5. The van der Waals surface area contributed by atoms with Gasteiger partial charge in [-0.3, -0.25) is 9.69 Å². The predicted molar refractivity (Wildman–Crippen MR) is 164 cm³/mol. The predicted octanol–water partition coefficient (Wildman–Crippen LogP) is 3.28. The highest BCUT2D eigenvalue weighted by molar-refractivity contribution is 7.20. The fourth-order valence-electron chi connectivity index (χ4n) is 6.43. The Labute approximate surface area is 252 Å². The largest absolute Gasteiger partial charge is 0.389 e. The van der Waals surface area contributed by atoms with E-state index < -0.39 is 0 Å². The number of fused-ring (bicyclic) bond motifs is 2. The van der Waals surface area contributed by atoms with Gasteiger partial charge in [0, 0.05) is 50.9 Å². The lowest BCUT2D eigenvalue weighted by molar-refractivity contribution is -0.142. The lowest BCUT2D eigenvalue weighted by Gasteiger charge is -2.37. The second-order valence-corrected chi connectivity index (χ2v) is 13.3. The minimum Gasteiger partial charge on any atom is -0.389 e. The summed E-state index contributed by atoms with van der Waals surface area (Å²) in [6, 6.07) is 11.1. The quantitative estimate of drug-likeness (QED) is 0.340. The fraction of sp³-hybridized carbons (Fsp3) is 0.483. The number of amides is 1. The molecule has 7 rings (SSSR count). The zero-order chi connectivity index (χ0) is 29.1. The maximum absolute atomic E-state index is 12.7. The summed E-state index contributed by atoms with van der Waals surface area (Å²) in [6.07, 6.45) is 2.36. The second kappa shape index (κ2) is 10.6. The summed E-state index contributed by atoms with van der Waals surface area (Å²) in [4.78, 5) is 32.4. The van der Waals surface area contributed by atoms with E-state index in [0.717, 1.165) is 70.2 Å². The first-order valence-corrected chi connectivity index (χ1v) is 16.0. The van der Waals surface area contributed by atoms with Crippen LogP contribution in [0.5, 0.6) is 0 Å². The van der Waals surface area contributed by atoms with Gasteiger partial charge in [-0.2, -0.15) is 9.78 Å². The van der Waals surface area contributed by atoms with E-state index in [-0.39, 0.29) is 12.0 Å². The van der Waals surface area contributed by atoms with Crippen molar-refractivity contribution < 1.29 is 9.90 Å². The molecule has 11 nitrogen and oxygen atoms in total. The number of rotatable bonds is 7. The van der Waals surface area contributed by atoms with Crippen LogP contribution in [-0.2, 0) is 11.2 Å². The Hall–Kier alpha value is -3.57. The number of aryl methyl sites for hydroxylation is 2. The molecule has 1 aromatic carbocycles. The van der Waals surface area contributed by atoms with Gasteiger partial charge in [-0.25, -0.2) is 9.97 Å². The minimum atomic E-state index is -0.373. The van der Waals surface area contributed by atoms with Crippen LogP contribution in [0.4, 0.5) is 16.1 Å². The number of anilines is 3. The number of β-amino-alcohol motifs (C(OH)–C–C–N with tert-alkyl or cyclic N) is 1. The molecule has 2 atom stereocenters. The van der Waals surface area contributed by atoms with Gasteiger partial charge in [0.15, 0.2) is 10.9 Å². The molecular weight excluding hydrogens is 571 g/mol. The minimum absolute atomic E-state index is 0.110. The molecule has 0 aliphatic carbocycles. The molecule has 1 N–H and O–H groups in total. The van der Waals surface area contributed by atoms with Gasteiger partial charge in [0.05, 0.1) is 18.3 Å². The molecule has 0 saturated carbocycles. The van der Waals surface area contributed by atoms with Crippen LogP contribution in [-0.4, -0.2) is 98.4 Å². The summed E-state index contributed by atoms with van der Waals surface area (Å²) in [5.41, 5.74) is 3.72. The molecule has 0 radical (unpaired) electrons. The van der Waals surface area contributed by atoms with Crippen molar-refractivity contribution >= 4 is 49.6 Å². The van der Waals surface area contributed by atoms with Gasteiger partial charge in [-0.05, 0) is 26.2 Å². The zero-order valence-electron chi connectivity index (χ0n) is 23.9. The van der Waals surface area contributed by atoms with Crippen molar-refractivity contribution in [3.8, 4) is 17.3 Å². The van der Waals surface area contributed by atoms with Crippen LogP contribution in [0, 0.1) is 18.3 Å². The van der Waals surface area contributed by atoms with Crippen molar-refractivity contribution in [2.75, 3.05) is 49.6 Å². The Bertz CT molecular complexity index is 1680. The number of thiazole rings is 1. The number of hydrogen-bond donors (Lipinski definition) is 1. The van der Waals surface area contributed by atoms with Gasteiger partial charge in [-0.1, -0.05) is 59.4 Å². The maximum Gasteiger partial charge on any atom is 0.236 e. The van der Waals surface area contributed by atoms with Gasteiger partial charge in [0.2, 0.25) is 16.0 Å². The van der Waals surface area contributed by atoms with E-state index in [1.807, 2.05) is 47.7 Å². The molecular formula is C29H33N9O2S2. The smallest absolute Gasteiger partial charge is 0.236 e. The number of aliphatic hydroxyl groups excluding tert-OH is 1. The Morgan fingerprint density at radius 1 is 1.14 bits per heavy atom. The summed E-state index contributed by atoms with van der Waals surface area (Å²) in [7, 11) is 1.97. The van der Waals surface area contributed by atoms with Crippen molar-refractivity contribution in [3.05, 3.63) is 40.4 Å². The van der Waals surface area contributed by atoms with Crippen molar-refractivity contribution in [1.82, 2.24) is 29.4 Å². The molecule has 3 fully saturated rings. The first kappa shape index (κ1) is 27.3. The molecule has 42 heavy (non-hydrogen) atoms. The highest BCUT2D eigenvalue weighted by atomic mass is 32.1. The molecule has 6 heterocycles. The molecule has 13 heteroatoms. The first-order valence-electron chi connectivity index (χ1n) is 14.4. The van der Waals surface area contributed by atoms with Crippen LogP contribution in [0.3, 0.4) is 0 Å². The average Bonchev–Trinajstić information content (AvgIpc) is 3.77. The van der Waals surface area contributed by atoms with Gasteiger partial charge < -0.3 is 19.8 Å². The van der Waals surface area contributed by atoms with E-state index in [4.69, 9.17) is 15.1 Å². The van der Waals surface area contributed by atoms with Crippen molar-refractivity contribution in [2.24, 2.45) is 0 Å². The van der Waals surface area contributed by atoms with Crippen LogP contribution in [0.15, 0.2) is 24.3 Å². The van der Waals surface area contributed by atoms with Gasteiger partial charge >= 0.3 is 0 Å². The molecule has 3 saturated heterocycles. The summed E-state index contributed by atoms with van der Waals surface area (Å²) in [5.74, 6) is 0.981. The molecule has 3 aliphatic rings. The first-order chi connectivity index (χ1) is 20.3. The normalized spacial score (nSPS) is 20.7. The molecule has 4 aromatic rings. The number of nitrogens with zero attached hydrogens (tertiary/aromatic N) is 9. The number of carbonyl (C=O) groups is 1. The van der Waals surface area contributed by atoms with Gasteiger partial charge in [0.1, 0.15) is 16.6 Å². The number of hydrogen-bond acceptors (Lipinski definition) is 11. The van der Waals surface area contributed by atoms with E-state index in [0.29, 0.717) is 42.3 Å². The van der Waals surface area contributed by atoms with E-state index in [9.17, 15) is 15.2 Å².